The van der Waals surface area contributed by atoms with Gasteiger partial charge in [-0.15, -0.1) is 10.2 Å². The molecule has 4 heteroatoms. The zero-order chi connectivity index (χ0) is 14.7. The van der Waals surface area contributed by atoms with Crippen LogP contribution in [0.5, 0.6) is 0 Å². The van der Waals surface area contributed by atoms with Crippen molar-refractivity contribution in [2.45, 2.75) is 19.8 Å². The van der Waals surface area contributed by atoms with Gasteiger partial charge in [0.2, 0.25) is 5.89 Å². The molecular weight excluding hydrogens is 262 g/mol. The Bertz CT molecular complexity index is 692. The summed E-state index contributed by atoms with van der Waals surface area (Å²) in [5.41, 5.74) is 1.88. The van der Waals surface area contributed by atoms with Gasteiger partial charge in [0, 0.05) is 6.20 Å². The molecule has 0 spiro atoms. The highest BCUT2D eigenvalue weighted by atomic mass is 16.4. The molecule has 2 aromatic heterocycles. The SMILES string of the molecule is CC(C)C(c1ccccc1)c1nnc(-c2ccccn2)o1. The standard InChI is InChI=1S/C17H17N3O/c1-12(2)15(13-8-4-3-5-9-13)17-20-19-16(21-17)14-10-6-7-11-18-14/h3-12,15H,1-2H3. The second kappa shape index (κ2) is 5.87. The van der Waals surface area contributed by atoms with E-state index >= 15 is 0 Å². The number of hydrogen-bond acceptors (Lipinski definition) is 4. The summed E-state index contributed by atoms with van der Waals surface area (Å²) in [6, 6.07) is 15.9. The highest BCUT2D eigenvalue weighted by molar-refractivity contribution is 5.45. The molecule has 0 fully saturated rings. The van der Waals surface area contributed by atoms with Crippen LogP contribution in [0.1, 0.15) is 31.2 Å². The molecule has 0 aliphatic heterocycles. The van der Waals surface area contributed by atoms with Gasteiger partial charge in [0.05, 0.1) is 5.92 Å². The first-order valence-electron chi connectivity index (χ1n) is 7.05. The Morgan fingerprint density at radius 1 is 0.905 bits per heavy atom. The fourth-order valence-corrected chi connectivity index (χ4v) is 2.43. The van der Waals surface area contributed by atoms with Crippen molar-refractivity contribution in [3.8, 4) is 11.6 Å². The van der Waals surface area contributed by atoms with Crippen molar-refractivity contribution in [2.75, 3.05) is 0 Å². The minimum absolute atomic E-state index is 0.0937. The van der Waals surface area contributed by atoms with Crippen LogP contribution in [-0.2, 0) is 0 Å². The van der Waals surface area contributed by atoms with Crippen LogP contribution in [0.15, 0.2) is 59.1 Å². The van der Waals surface area contributed by atoms with E-state index < -0.39 is 0 Å². The van der Waals surface area contributed by atoms with Crippen molar-refractivity contribution in [3.05, 3.63) is 66.2 Å². The van der Waals surface area contributed by atoms with E-state index in [0.717, 1.165) is 0 Å². The summed E-state index contributed by atoms with van der Waals surface area (Å²) < 4.78 is 5.86. The first-order chi connectivity index (χ1) is 10.3. The van der Waals surface area contributed by atoms with Crippen molar-refractivity contribution in [1.82, 2.24) is 15.2 Å². The van der Waals surface area contributed by atoms with Crippen LogP contribution in [0.25, 0.3) is 11.6 Å². The maximum atomic E-state index is 5.86. The fraction of sp³-hybridized carbons (Fsp3) is 0.235. The number of aromatic nitrogens is 3. The van der Waals surface area contributed by atoms with Crippen molar-refractivity contribution >= 4 is 0 Å². The maximum Gasteiger partial charge on any atom is 0.266 e. The van der Waals surface area contributed by atoms with E-state index in [9.17, 15) is 0 Å². The van der Waals surface area contributed by atoms with E-state index in [1.165, 1.54) is 5.56 Å². The van der Waals surface area contributed by atoms with Crippen LogP contribution in [0.4, 0.5) is 0 Å². The van der Waals surface area contributed by atoms with E-state index in [2.05, 4.69) is 41.2 Å². The summed E-state index contributed by atoms with van der Waals surface area (Å²) in [5, 5.41) is 8.37. The van der Waals surface area contributed by atoms with Gasteiger partial charge in [-0.05, 0) is 23.6 Å². The largest absolute Gasteiger partial charge is 0.419 e. The van der Waals surface area contributed by atoms with Crippen LogP contribution in [0, 0.1) is 5.92 Å². The predicted molar refractivity (Wildman–Crippen MR) is 80.7 cm³/mol. The van der Waals surface area contributed by atoms with Crippen LogP contribution in [-0.4, -0.2) is 15.2 Å². The fourth-order valence-electron chi connectivity index (χ4n) is 2.43. The van der Waals surface area contributed by atoms with E-state index in [0.29, 0.717) is 23.4 Å². The molecular formula is C17H17N3O. The molecule has 0 aliphatic rings. The molecule has 3 rings (SSSR count). The quantitative estimate of drug-likeness (QED) is 0.726. The number of nitrogens with zero attached hydrogens (tertiary/aromatic N) is 3. The Balaban J connectivity index is 1.97. The molecule has 2 heterocycles. The third-order valence-corrected chi connectivity index (χ3v) is 3.42. The summed E-state index contributed by atoms with van der Waals surface area (Å²) in [4.78, 5) is 4.24. The molecule has 106 valence electrons. The maximum absolute atomic E-state index is 5.86. The molecule has 4 nitrogen and oxygen atoms in total. The second-order valence-electron chi connectivity index (χ2n) is 5.29. The monoisotopic (exact) mass is 279 g/mol. The first-order valence-corrected chi connectivity index (χ1v) is 7.05. The number of hydrogen-bond donors (Lipinski definition) is 0. The van der Waals surface area contributed by atoms with Gasteiger partial charge in [-0.3, -0.25) is 4.98 Å². The Labute approximate surface area is 123 Å². The van der Waals surface area contributed by atoms with E-state index in [1.54, 1.807) is 6.20 Å². The van der Waals surface area contributed by atoms with Crippen molar-refractivity contribution in [3.63, 3.8) is 0 Å². The van der Waals surface area contributed by atoms with Gasteiger partial charge in [-0.25, -0.2) is 0 Å². The average Bonchev–Trinajstić information content (AvgIpc) is 2.98. The Morgan fingerprint density at radius 2 is 1.67 bits per heavy atom. The normalized spacial score (nSPS) is 12.5. The molecule has 0 amide bonds. The molecule has 0 aliphatic carbocycles. The minimum Gasteiger partial charge on any atom is -0.419 e. The molecule has 1 aromatic carbocycles. The van der Waals surface area contributed by atoms with Gasteiger partial charge in [-0.1, -0.05) is 50.2 Å². The third-order valence-electron chi connectivity index (χ3n) is 3.42. The van der Waals surface area contributed by atoms with Crippen LogP contribution in [0.3, 0.4) is 0 Å². The van der Waals surface area contributed by atoms with Gasteiger partial charge in [0.15, 0.2) is 0 Å². The van der Waals surface area contributed by atoms with Crippen molar-refractivity contribution in [2.24, 2.45) is 5.92 Å². The lowest BCUT2D eigenvalue weighted by molar-refractivity contribution is 0.423. The first kappa shape index (κ1) is 13.5. The van der Waals surface area contributed by atoms with Crippen molar-refractivity contribution < 1.29 is 4.42 Å². The molecule has 0 bridgehead atoms. The number of pyridine rings is 1. The lowest BCUT2D eigenvalue weighted by Crippen LogP contribution is -2.08. The van der Waals surface area contributed by atoms with Gasteiger partial charge in [0.25, 0.3) is 5.89 Å². The number of benzene rings is 1. The third kappa shape index (κ3) is 2.84. The smallest absolute Gasteiger partial charge is 0.266 e. The van der Waals surface area contributed by atoms with E-state index in [-0.39, 0.29) is 5.92 Å². The van der Waals surface area contributed by atoms with Crippen LogP contribution < -0.4 is 0 Å². The van der Waals surface area contributed by atoms with Gasteiger partial charge < -0.3 is 4.42 Å². The van der Waals surface area contributed by atoms with Crippen LogP contribution >= 0.6 is 0 Å². The predicted octanol–water partition coefficient (Wildman–Crippen LogP) is 3.92. The van der Waals surface area contributed by atoms with Crippen molar-refractivity contribution in [1.29, 1.82) is 0 Å². The van der Waals surface area contributed by atoms with Crippen LogP contribution in [0.2, 0.25) is 0 Å². The lowest BCUT2D eigenvalue weighted by atomic mass is 9.88. The summed E-state index contributed by atoms with van der Waals surface area (Å²) in [5.74, 6) is 1.56. The lowest BCUT2D eigenvalue weighted by Gasteiger charge is -2.17. The highest BCUT2D eigenvalue weighted by Gasteiger charge is 2.24. The minimum atomic E-state index is 0.0937. The molecule has 21 heavy (non-hydrogen) atoms. The van der Waals surface area contributed by atoms with E-state index in [4.69, 9.17) is 4.42 Å². The van der Waals surface area contributed by atoms with Gasteiger partial charge in [0.1, 0.15) is 5.69 Å². The van der Waals surface area contributed by atoms with Gasteiger partial charge >= 0.3 is 0 Å². The molecule has 1 unspecified atom stereocenters. The molecule has 0 saturated heterocycles. The number of rotatable bonds is 4. The zero-order valence-electron chi connectivity index (χ0n) is 12.1. The average molecular weight is 279 g/mol. The summed E-state index contributed by atoms with van der Waals surface area (Å²) >= 11 is 0. The highest BCUT2D eigenvalue weighted by Crippen LogP contribution is 2.32. The Morgan fingerprint density at radius 3 is 2.33 bits per heavy atom. The summed E-state index contributed by atoms with van der Waals surface area (Å²) in [7, 11) is 0. The molecule has 0 radical (unpaired) electrons. The van der Waals surface area contributed by atoms with Gasteiger partial charge in [-0.2, -0.15) is 0 Å². The molecule has 3 aromatic rings. The molecule has 0 N–H and O–H groups in total. The molecule has 0 saturated carbocycles. The van der Waals surface area contributed by atoms with E-state index in [1.807, 2.05) is 36.4 Å². The Kier molecular flexibility index (Phi) is 3.77. The topological polar surface area (TPSA) is 51.8 Å². The second-order valence-corrected chi connectivity index (χ2v) is 5.29. The summed E-state index contributed by atoms with van der Waals surface area (Å²) in [6.45, 7) is 4.31. The molecule has 1 atom stereocenters. The zero-order valence-corrected chi connectivity index (χ0v) is 12.1. The Hall–Kier alpha value is -2.49. The summed E-state index contributed by atoms with van der Waals surface area (Å²) in [6.07, 6.45) is 1.72.